The van der Waals surface area contributed by atoms with Gasteiger partial charge in [-0.2, -0.15) is 0 Å². The van der Waals surface area contributed by atoms with E-state index in [1.807, 2.05) is 0 Å². The van der Waals surface area contributed by atoms with Gasteiger partial charge in [-0.1, -0.05) is 23.2 Å². The van der Waals surface area contributed by atoms with E-state index in [4.69, 9.17) is 28.3 Å². The summed E-state index contributed by atoms with van der Waals surface area (Å²) in [5.41, 5.74) is -0.531. The van der Waals surface area contributed by atoms with E-state index in [2.05, 4.69) is 4.74 Å². The van der Waals surface area contributed by atoms with E-state index in [0.29, 0.717) is 6.07 Å². The highest BCUT2D eigenvalue weighted by Gasteiger charge is 2.30. The molecule has 0 aromatic heterocycles. The Bertz CT molecular complexity index is 657. The maximum absolute atomic E-state index is 11.9. The van der Waals surface area contributed by atoms with E-state index in [1.54, 1.807) is 0 Å². The summed E-state index contributed by atoms with van der Waals surface area (Å²) in [5.74, 6) is -2.52. The SMILES string of the molecule is O=C(O)c1cc(S(=O)(=O)CCOC(F)(F)F)c(Cl)cc1Cl. The Balaban J connectivity index is 3.08. The summed E-state index contributed by atoms with van der Waals surface area (Å²) in [6, 6.07) is 1.58. The number of aromatic carboxylic acids is 1. The highest BCUT2D eigenvalue weighted by atomic mass is 35.5. The van der Waals surface area contributed by atoms with Gasteiger partial charge in [-0.15, -0.1) is 13.2 Å². The number of sulfone groups is 1. The van der Waals surface area contributed by atoms with Gasteiger partial charge in [0.1, 0.15) is 0 Å². The topological polar surface area (TPSA) is 80.7 Å². The number of alkyl halides is 3. The highest BCUT2D eigenvalue weighted by molar-refractivity contribution is 7.91. The molecule has 0 atom stereocenters. The number of carboxylic acids is 1. The molecule has 0 bridgehead atoms. The van der Waals surface area contributed by atoms with Crippen molar-refractivity contribution in [2.75, 3.05) is 12.4 Å². The fourth-order valence-electron chi connectivity index (χ4n) is 1.31. The third kappa shape index (κ3) is 5.03. The van der Waals surface area contributed by atoms with Crippen LogP contribution in [0.15, 0.2) is 17.0 Å². The molecule has 118 valence electrons. The maximum Gasteiger partial charge on any atom is 0.522 e. The van der Waals surface area contributed by atoms with Crippen molar-refractivity contribution in [2.45, 2.75) is 11.3 Å². The van der Waals surface area contributed by atoms with Crippen molar-refractivity contribution >= 4 is 39.0 Å². The van der Waals surface area contributed by atoms with Gasteiger partial charge < -0.3 is 5.11 Å². The van der Waals surface area contributed by atoms with Crippen LogP contribution in [0.2, 0.25) is 10.0 Å². The van der Waals surface area contributed by atoms with Crippen LogP contribution in [0, 0.1) is 0 Å². The third-order valence-corrected chi connectivity index (χ3v) is 4.65. The zero-order valence-electron chi connectivity index (χ0n) is 9.95. The molecule has 11 heteroatoms. The van der Waals surface area contributed by atoms with E-state index in [0.717, 1.165) is 6.07 Å². The minimum absolute atomic E-state index is 0.294. The molecule has 1 aromatic rings. The first-order valence-electron chi connectivity index (χ1n) is 5.10. The molecule has 1 N–H and O–H groups in total. The molecule has 0 fully saturated rings. The summed E-state index contributed by atoms with van der Waals surface area (Å²) in [7, 11) is -4.27. The molecule has 1 rings (SSSR count). The Kier molecular flexibility index (Phi) is 5.48. The number of hydrogen-bond donors (Lipinski definition) is 1. The van der Waals surface area contributed by atoms with Gasteiger partial charge in [-0.3, -0.25) is 4.74 Å². The molecule has 0 saturated carbocycles. The van der Waals surface area contributed by atoms with Crippen molar-refractivity contribution in [3.05, 3.63) is 27.7 Å². The Morgan fingerprint density at radius 2 is 1.81 bits per heavy atom. The molecule has 0 heterocycles. The van der Waals surface area contributed by atoms with Gasteiger partial charge in [0.05, 0.1) is 32.9 Å². The van der Waals surface area contributed by atoms with Crippen molar-refractivity contribution in [2.24, 2.45) is 0 Å². The first kappa shape index (κ1) is 18.0. The van der Waals surface area contributed by atoms with Crippen LogP contribution < -0.4 is 0 Å². The minimum atomic E-state index is -4.97. The lowest BCUT2D eigenvalue weighted by molar-refractivity contribution is -0.322. The third-order valence-electron chi connectivity index (χ3n) is 2.20. The lowest BCUT2D eigenvalue weighted by Crippen LogP contribution is -2.20. The summed E-state index contributed by atoms with van der Waals surface area (Å²) < 4.78 is 62.5. The number of benzene rings is 1. The van der Waals surface area contributed by atoms with Crippen molar-refractivity contribution in [1.29, 1.82) is 0 Å². The first-order chi connectivity index (χ1) is 9.44. The lowest BCUT2D eigenvalue weighted by Gasteiger charge is -2.10. The largest absolute Gasteiger partial charge is 0.522 e. The van der Waals surface area contributed by atoms with E-state index >= 15 is 0 Å². The van der Waals surface area contributed by atoms with Gasteiger partial charge >= 0.3 is 12.3 Å². The predicted octanol–water partition coefficient (Wildman–Crippen LogP) is 3.00. The molecule has 5 nitrogen and oxygen atoms in total. The summed E-state index contributed by atoms with van der Waals surface area (Å²) in [5, 5.41) is 8.15. The Hall–Kier alpha value is -1.03. The van der Waals surface area contributed by atoms with Crippen molar-refractivity contribution in [1.82, 2.24) is 0 Å². The Morgan fingerprint density at radius 3 is 2.29 bits per heavy atom. The number of halogens is 5. The minimum Gasteiger partial charge on any atom is -0.478 e. The monoisotopic (exact) mass is 366 g/mol. The predicted molar refractivity (Wildman–Crippen MR) is 67.5 cm³/mol. The summed E-state index contributed by atoms with van der Waals surface area (Å²) in [4.78, 5) is 10.2. The number of carbonyl (C=O) groups is 1. The zero-order chi connectivity index (χ0) is 16.4. The van der Waals surface area contributed by atoms with Gasteiger partial charge in [-0.05, 0) is 12.1 Å². The van der Waals surface area contributed by atoms with Gasteiger partial charge in [0, 0.05) is 0 Å². The van der Waals surface area contributed by atoms with Crippen LogP contribution in [0.25, 0.3) is 0 Å². The molecule has 0 aliphatic heterocycles. The molecule has 0 unspecified atom stereocenters. The van der Waals surface area contributed by atoms with Crippen LogP contribution in [0.1, 0.15) is 10.4 Å². The highest BCUT2D eigenvalue weighted by Crippen LogP contribution is 2.29. The average molecular weight is 367 g/mol. The summed E-state index contributed by atoms with van der Waals surface area (Å²) >= 11 is 11.2. The van der Waals surface area contributed by atoms with Crippen LogP contribution in [0.5, 0.6) is 0 Å². The van der Waals surface area contributed by atoms with Crippen LogP contribution in [0.3, 0.4) is 0 Å². The van der Waals surface area contributed by atoms with Crippen LogP contribution in [0.4, 0.5) is 13.2 Å². The quantitative estimate of drug-likeness (QED) is 0.866. The van der Waals surface area contributed by atoms with E-state index < -0.39 is 50.0 Å². The first-order valence-corrected chi connectivity index (χ1v) is 7.50. The fraction of sp³-hybridized carbons (Fsp3) is 0.300. The lowest BCUT2D eigenvalue weighted by atomic mass is 10.2. The molecule has 0 spiro atoms. The Morgan fingerprint density at radius 1 is 1.24 bits per heavy atom. The van der Waals surface area contributed by atoms with Crippen molar-refractivity contribution in [3.8, 4) is 0 Å². The molecule has 21 heavy (non-hydrogen) atoms. The van der Waals surface area contributed by atoms with Gasteiger partial charge in [0.15, 0.2) is 9.84 Å². The standard InChI is InChI=1S/C10H7Cl2F3O5S/c11-6-4-7(12)8(3-5(6)9(16)17)21(18,19)2-1-20-10(13,14)15/h3-4H,1-2H2,(H,16,17). The Labute approximate surface area is 127 Å². The van der Waals surface area contributed by atoms with Gasteiger partial charge in [-0.25, -0.2) is 13.2 Å². The number of ether oxygens (including phenoxy) is 1. The van der Waals surface area contributed by atoms with Crippen LogP contribution in [-0.4, -0.2) is 38.2 Å². The second-order valence-electron chi connectivity index (χ2n) is 3.68. The van der Waals surface area contributed by atoms with E-state index in [9.17, 15) is 26.4 Å². The van der Waals surface area contributed by atoms with Gasteiger partial charge in [0.2, 0.25) is 0 Å². The number of hydrogen-bond acceptors (Lipinski definition) is 4. The molecule has 0 amide bonds. The zero-order valence-corrected chi connectivity index (χ0v) is 12.3. The second-order valence-corrected chi connectivity index (χ2v) is 6.57. The summed E-state index contributed by atoms with van der Waals surface area (Å²) in [6.07, 6.45) is -4.97. The summed E-state index contributed by atoms with van der Waals surface area (Å²) in [6.45, 7) is -1.15. The second kappa shape index (κ2) is 6.39. The molecular formula is C10H7Cl2F3O5S. The maximum atomic E-state index is 11.9. The average Bonchev–Trinajstić information content (AvgIpc) is 2.25. The number of rotatable bonds is 5. The molecule has 0 radical (unpaired) electrons. The smallest absolute Gasteiger partial charge is 0.478 e. The molecule has 0 aliphatic carbocycles. The molecule has 1 aromatic carbocycles. The molecule has 0 saturated heterocycles. The van der Waals surface area contributed by atoms with Crippen LogP contribution >= 0.6 is 23.2 Å². The van der Waals surface area contributed by atoms with Gasteiger partial charge in [0.25, 0.3) is 0 Å². The number of carboxylic acid groups (broad SMARTS) is 1. The molecule has 0 aliphatic rings. The fourth-order valence-corrected chi connectivity index (χ4v) is 3.30. The van der Waals surface area contributed by atoms with Crippen LogP contribution in [-0.2, 0) is 14.6 Å². The molecular weight excluding hydrogens is 360 g/mol. The van der Waals surface area contributed by atoms with E-state index in [-0.39, 0.29) is 5.02 Å². The van der Waals surface area contributed by atoms with Crippen molar-refractivity contribution in [3.63, 3.8) is 0 Å². The normalized spacial score (nSPS) is 12.4. The van der Waals surface area contributed by atoms with E-state index in [1.165, 1.54) is 0 Å². The van der Waals surface area contributed by atoms with Crippen molar-refractivity contribution < 1.29 is 36.2 Å².